The average molecular weight is 479 g/mol. The summed E-state index contributed by atoms with van der Waals surface area (Å²) in [6.07, 6.45) is 5.69. The molecule has 6 rings (SSSR count). The molecule has 1 aliphatic carbocycles. The quantitative estimate of drug-likeness (QED) is 0.571. The van der Waals surface area contributed by atoms with E-state index in [1.54, 1.807) is 6.07 Å². The summed E-state index contributed by atoms with van der Waals surface area (Å²) in [7, 11) is 0. The van der Waals surface area contributed by atoms with E-state index in [0.717, 1.165) is 85.9 Å². The van der Waals surface area contributed by atoms with Gasteiger partial charge in [0.25, 0.3) is 0 Å². The molecular formula is C26H31FN6O2. The number of rotatable bonds is 6. The molecular weight excluding hydrogens is 447 g/mol. The fourth-order valence-corrected chi connectivity index (χ4v) is 4.77. The van der Waals surface area contributed by atoms with Gasteiger partial charge in [0, 0.05) is 51.3 Å². The van der Waals surface area contributed by atoms with E-state index in [1.165, 1.54) is 6.07 Å². The molecule has 2 aromatic heterocycles. The first kappa shape index (κ1) is 22.3. The Kier molecular flexibility index (Phi) is 6.01. The van der Waals surface area contributed by atoms with Crippen LogP contribution in [0.5, 0.6) is 5.75 Å². The maximum Gasteiger partial charge on any atom is 0.172 e. The van der Waals surface area contributed by atoms with Gasteiger partial charge in [-0.15, -0.1) is 0 Å². The number of hydrogen-bond acceptors (Lipinski definition) is 8. The normalized spacial score (nSPS) is 19.3. The minimum atomic E-state index is -0.299. The van der Waals surface area contributed by atoms with Crippen molar-refractivity contribution in [1.29, 1.82) is 0 Å². The van der Waals surface area contributed by atoms with Gasteiger partial charge >= 0.3 is 0 Å². The van der Waals surface area contributed by atoms with Crippen molar-refractivity contribution in [1.82, 2.24) is 15.0 Å². The summed E-state index contributed by atoms with van der Waals surface area (Å²) in [6.45, 7) is 6.38. The third kappa shape index (κ3) is 4.82. The van der Waals surface area contributed by atoms with Gasteiger partial charge < -0.3 is 24.6 Å². The third-order valence-electron chi connectivity index (χ3n) is 6.90. The Labute approximate surface area is 204 Å². The monoisotopic (exact) mass is 478 g/mol. The lowest BCUT2D eigenvalue weighted by molar-refractivity contribution is 0.122. The minimum Gasteiger partial charge on any atom is -0.487 e. The molecule has 1 N–H and O–H groups in total. The molecule has 8 nitrogen and oxygen atoms in total. The molecule has 0 bridgehead atoms. The van der Waals surface area contributed by atoms with Gasteiger partial charge in [-0.05, 0) is 43.5 Å². The molecule has 0 atom stereocenters. The van der Waals surface area contributed by atoms with Gasteiger partial charge in [-0.25, -0.2) is 19.3 Å². The second-order valence-corrected chi connectivity index (χ2v) is 9.65. The zero-order chi connectivity index (χ0) is 23.8. The molecule has 3 aromatic rings. The van der Waals surface area contributed by atoms with Crippen LogP contribution in [-0.2, 0) is 4.74 Å². The standard InChI is InChI=1S/C26H31FN6O2/c1-17-2-5-22(20(27)16-17)35-19-7-10-32(11-8-19)26-24(29-18-3-4-18)30-21-6-9-28-25(23(21)31-26)33-12-14-34-15-13-33/h2,5-6,9,16,18-19H,3-4,7-8,10-15H2,1H3,(H,29,30). The van der Waals surface area contributed by atoms with Crippen molar-refractivity contribution in [3.8, 4) is 5.75 Å². The summed E-state index contributed by atoms with van der Waals surface area (Å²) in [5.74, 6) is 2.60. The van der Waals surface area contributed by atoms with Crippen molar-refractivity contribution in [2.24, 2.45) is 0 Å². The number of nitrogens with zero attached hydrogens (tertiary/aromatic N) is 5. The molecule has 9 heteroatoms. The van der Waals surface area contributed by atoms with Gasteiger partial charge in [-0.2, -0.15) is 0 Å². The zero-order valence-corrected chi connectivity index (χ0v) is 20.0. The number of fused-ring (bicyclic) bond motifs is 1. The number of aryl methyl sites for hydroxylation is 1. The lowest BCUT2D eigenvalue weighted by Gasteiger charge is -2.34. The Morgan fingerprint density at radius 3 is 2.49 bits per heavy atom. The maximum atomic E-state index is 14.3. The van der Waals surface area contributed by atoms with Crippen molar-refractivity contribution in [2.45, 2.75) is 44.8 Å². The van der Waals surface area contributed by atoms with Crippen LogP contribution in [0.2, 0.25) is 0 Å². The van der Waals surface area contributed by atoms with Crippen molar-refractivity contribution >= 4 is 28.5 Å². The number of aromatic nitrogens is 3. The fourth-order valence-electron chi connectivity index (χ4n) is 4.77. The van der Waals surface area contributed by atoms with Crippen LogP contribution >= 0.6 is 0 Å². The average Bonchev–Trinajstić information content (AvgIpc) is 3.70. The molecule has 3 fully saturated rings. The van der Waals surface area contributed by atoms with E-state index in [-0.39, 0.29) is 11.9 Å². The highest BCUT2D eigenvalue weighted by molar-refractivity contribution is 5.89. The summed E-state index contributed by atoms with van der Waals surface area (Å²) in [4.78, 5) is 19.3. The third-order valence-corrected chi connectivity index (χ3v) is 6.90. The van der Waals surface area contributed by atoms with E-state index < -0.39 is 0 Å². The number of anilines is 3. The number of nitrogens with one attached hydrogen (secondary N) is 1. The molecule has 2 aliphatic heterocycles. The number of pyridine rings is 1. The Morgan fingerprint density at radius 1 is 0.971 bits per heavy atom. The van der Waals surface area contributed by atoms with Gasteiger partial charge in [0.05, 0.1) is 18.7 Å². The lowest BCUT2D eigenvalue weighted by atomic mass is 10.1. The molecule has 184 valence electrons. The summed E-state index contributed by atoms with van der Waals surface area (Å²) in [6, 6.07) is 7.53. The van der Waals surface area contributed by atoms with Crippen LogP contribution in [-0.4, -0.2) is 66.5 Å². The molecule has 0 radical (unpaired) electrons. The van der Waals surface area contributed by atoms with Crippen molar-refractivity contribution in [2.75, 3.05) is 54.5 Å². The predicted molar refractivity (Wildman–Crippen MR) is 134 cm³/mol. The second kappa shape index (κ2) is 9.45. The molecule has 35 heavy (non-hydrogen) atoms. The number of hydrogen-bond donors (Lipinski definition) is 1. The molecule has 2 saturated heterocycles. The maximum absolute atomic E-state index is 14.3. The number of ether oxygens (including phenoxy) is 2. The van der Waals surface area contributed by atoms with E-state index in [4.69, 9.17) is 19.4 Å². The van der Waals surface area contributed by atoms with Crippen LogP contribution in [0, 0.1) is 12.7 Å². The lowest BCUT2D eigenvalue weighted by Crippen LogP contribution is -2.39. The van der Waals surface area contributed by atoms with E-state index in [0.29, 0.717) is 25.0 Å². The Balaban J connectivity index is 1.25. The van der Waals surface area contributed by atoms with E-state index in [9.17, 15) is 4.39 Å². The van der Waals surface area contributed by atoms with Gasteiger partial charge in [0.15, 0.2) is 29.0 Å². The summed E-state index contributed by atoms with van der Waals surface area (Å²) < 4.78 is 25.8. The van der Waals surface area contributed by atoms with Gasteiger partial charge in [0.2, 0.25) is 0 Å². The first-order chi connectivity index (χ1) is 17.1. The molecule has 4 heterocycles. The molecule has 0 spiro atoms. The van der Waals surface area contributed by atoms with E-state index in [1.807, 2.05) is 25.3 Å². The first-order valence-electron chi connectivity index (χ1n) is 12.6. The molecule has 1 aromatic carbocycles. The Bertz CT molecular complexity index is 1210. The Morgan fingerprint density at radius 2 is 1.74 bits per heavy atom. The number of benzene rings is 1. The van der Waals surface area contributed by atoms with E-state index in [2.05, 4.69) is 20.1 Å². The molecule has 3 aliphatic rings. The number of halogens is 1. The predicted octanol–water partition coefficient (Wildman–Crippen LogP) is 3.93. The Hall–Kier alpha value is -3.20. The molecule has 1 saturated carbocycles. The summed E-state index contributed by atoms with van der Waals surface area (Å²) >= 11 is 0. The second-order valence-electron chi connectivity index (χ2n) is 9.65. The molecule has 0 amide bonds. The van der Waals surface area contributed by atoms with Crippen molar-refractivity contribution in [3.63, 3.8) is 0 Å². The van der Waals surface area contributed by atoms with Crippen LogP contribution in [0.3, 0.4) is 0 Å². The fraction of sp³-hybridized carbons (Fsp3) is 0.500. The number of morpholine rings is 1. The highest BCUT2D eigenvalue weighted by Crippen LogP contribution is 2.34. The van der Waals surface area contributed by atoms with Gasteiger partial charge in [-0.3, -0.25) is 0 Å². The van der Waals surface area contributed by atoms with Crippen molar-refractivity contribution in [3.05, 3.63) is 41.8 Å². The van der Waals surface area contributed by atoms with Crippen LogP contribution < -0.4 is 19.9 Å². The highest BCUT2D eigenvalue weighted by atomic mass is 19.1. The van der Waals surface area contributed by atoms with Crippen LogP contribution in [0.4, 0.5) is 21.8 Å². The smallest absolute Gasteiger partial charge is 0.172 e. The van der Waals surface area contributed by atoms with Gasteiger partial charge in [-0.1, -0.05) is 6.07 Å². The van der Waals surface area contributed by atoms with Crippen LogP contribution in [0.15, 0.2) is 30.5 Å². The SMILES string of the molecule is Cc1ccc(OC2CCN(c3nc4c(N5CCOCC5)nccc4nc3NC3CC3)CC2)c(F)c1. The molecule has 0 unspecified atom stereocenters. The van der Waals surface area contributed by atoms with Crippen LogP contribution in [0.1, 0.15) is 31.2 Å². The summed E-state index contributed by atoms with van der Waals surface area (Å²) in [5, 5.41) is 3.59. The topological polar surface area (TPSA) is 75.6 Å². The zero-order valence-electron chi connectivity index (χ0n) is 20.0. The highest BCUT2D eigenvalue weighted by Gasteiger charge is 2.29. The largest absolute Gasteiger partial charge is 0.487 e. The van der Waals surface area contributed by atoms with Crippen molar-refractivity contribution < 1.29 is 13.9 Å². The van der Waals surface area contributed by atoms with Gasteiger partial charge in [0.1, 0.15) is 11.6 Å². The van der Waals surface area contributed by atoms with Crippen LogP contribution in [0.25, 0.3) is 11.0 Å². The number of piperidine rings is 1. The first-order valence-corrected chi connectivity index (χ1v) is 12.6. The van der Waals surface area contributed by atoms with E-state index >= 15 is 0 Å². The minimum absolute atomic E-state index is 0.0257. The summed E-state index contributed by atoms with van der Waals surface area (Å²) in [5.41, 5.74) is 2.56.